The van der Waals surface area contributed by atoms with Crippen LogP contribution in [0, 0.1) is 10.1 Å². The standard InChI is InChI=1S/C23H23N3O8S/c1-2-14-6-5-7-16-17(11-24-22(14)16)20(28)13-34-23(29)19-10-15(27)12-25(19)35(32,33)21-9-4-3-8-18(21)26(30)31/h3-9,11,15,19,24,27H,2,10,12-13H2,1H3/t15-,19+/m1/s1. The topological polar surface area (TPSA) is 160 Å². The highest BCUT2D eigenvalue weighted by molar-refractivity contribution is 7.89. The van der Waals surface area contributed by atoms with Crippen LogP contribution in [0.4, 0.5) is 5.69 Å². The number of para-hydroxylation sites is 2. The molecule has 2 aromatic carbocycles. The van der Waals surface area contributed by atoms with E-state index in [1.807, 2.05) is 19.1 Å². The number of sulfonamides is 1. The normalized spacial score (nSPS) is 18.6. The average Bonchev–Trinajstić information content (AvgIpc) is 3.46. The van der Waals surface area contributed by atoms with E-state index < -0.39 is 62.6 Å². The van der Waals surface area contributed by atoms with Crippen molar-refractivity contribution in [1.29, 1.82) is 0 Å². The molecule has 2 atom stereocenters. The van der Waals surface area contributed by atoms with Crippen LogP contribution in [0.1, 0.15) is 29.3 Å². The van der Waals surface area contributed by atoms with E-state index in [9.17, 15) is 33.2 Å². The number of rotatable bonds is 8. The van der Waals surface area contributed by atoms with Crippen LogP contribution in [0.25, 0.3) is 10.9 Å². The Morgan fingerprint density at radius 2 is 1.97 bits per heavy atom. The number of aliphatic hydroxyl groups is 1. The van der Waals surface area contributed by atoms with E-state index in [2.05, 4.69) is 4.98 Å². The van der Waals surface area contributed by atoms with Crippen LogP contribution in [0.5, 0.6) is 0 Å². The number of hydrogen-bond donors (Lipinski definition) is 2. The predicted octanol–water partition coefficient (Wildman–Crippen LogP) is 2.19. The third-order valence-electron chi connectivity index (χ3n) is 5.98. The molecule has 1 aromatic heterocycles. The first-order chi connectivity index (χ1) is 16.6. The Bertz CT molecular complexity index is 1420. The lowest BCUT2D eigenvalue weighted by atomic mass is 10.1. The average molecular weight is 502 g/mol. The van der Waals surface area contributed by atoms with Crippen molar-refractivity contribution >= 4 is 38.4 Å². The number of nitro benzene ring substituents is 1. The maximum atomic E-state index is 13.2. The number of ether oxygens (including phenoxy) is 1. The Balaban J connectivity index is 1.53. The molecule has 0 radical (unpaired) electrons. The molecule has 1 saturated heterocycles. The smallest absolute Gasteiger partial charge is 0.325 e. The number of aromatic amines is 1. The highest BCUT2D eigenvalue weighted by Gasteiger charge is 2.46. The number of β-amino-alcohol motifs (C(OH)–C–C–N with tert-alkyl or cyclic N) is 1. The molecule has 2 heterocycles. The van der Waals surface area contributed by atoms with Crippen LogP contribution in [0.2, 0.25) is 0 Å². The molecule has 0 unspecified atom stereocenters. The van der Waals surface area contributed by atoms with Crippen molar-refractivity contribution in [2.24, 2.45) is 0 Å². The van der Waals surface area contributed by atoms with Crippen LogP contribution in [0.3, 0.4) is 0 Å². The number of ketones is 1. The molecule has 0 bridgehead atoms. The summed E-state index contributed by atoms with van der Waals surface area (Å²) in [7, 11) is -4.52. The molecule has 1 fully saturated rings. The zero-order valence-corrected chi connectivity index (χ0v) is 19.5. The Hall–Kier alpha value is -3.61. The summed E-state index contributed by atoms with van der Waals surface area (Å²) in [6.07, 6.45) is 0.848. The van der Waals surface area contributed by atoms with E-state index >= 15 is 0 Å². The summed E-state index contributed by atoms with van der Waals surface area (Å²) < 4.78 is 32.2. The quantitative estimate of drug-likeness (QED) is 0.206. The number of nitrogens with one attached hydrogen (secondary N) is 1. The van der Waals surface area contributed by atoms with Gasteiger partial charge in [0.05, 0.1) is 11.0 Å². The van der Waals surface area contributed by atoms with Crippen molar-refractivity contribution in [1.82, 2.24) is 9.29 Å². The number of benzene rings is 2. The molecule has 11 nitrogen and oxygen atoms in total. The minimum absolute atomic E-state index is 0.264. The van der Waals surface area contributed by atoms with Crippen LogP contribution in [-0.2, 0) is 26.0 Å². The molecule has 1 aliphatic heterocycles. The van der Waals surface area contributed by atoms with Gasteiger partial charge in [-0.1, -0.05) is 37.3 Å². The number of carbonyl (C=O) groups excluding carboxylic acids is 2. The summed E-state index contributed by atoms with van der Waals surface area (Å²) in [6.45, 7) is 0.914. The second-order valence-corrected chi connectivity index (χ2v) is 9.99. The van der Waals surface area contributed by atoms with Gasteiger partial charge in [0.15, 0.2) is 11.5 Å². The lowest BCUT2D eigenvalue weighted by Gasteiger charge is -2.22. The number of fused-ring (bicyclic) bond motifs is 1. The highest BCUT2D eigenvalue weighted by Crippen LogP contribution is 2.32. The Morgan fingerprint density at radius 1 is 1.23 bits per heavy atom. The first-order valence-corrected chi connectivity index (χ1v) is 12.3. The monoisotopic (exact) mass is 501 g/mol. The predicted molar refractivity (Wildman–Crippen MR) is 124 cm³/mol. The maximum absolute atomic E-state index is 13.2. The van der Waals surface area contributed by atoms with Gasteiger partial charge in [-0.25, -0.2) is 8.42 Å². The van der Waals surface area contributed by atoms with Gasteiger partial charge in [-0.15, -0.1) is 0 Å². The first-order valence-electron chi connectivity index (χ1n) is 10.9. The van der Waals surface area contributed by atoms with Crippen molar-refractivity contribution in [3.8, 4) is 0 Å². The molecular weight excluding hydrogens is 478 g/mol. The van der Waals surface area contributed by atoms with Crippen molar-refractivity contribution in [2.45, 2.75) is 36.8 Å². The van der Waals surface area contributed by atoms with E-state index in [0.29, 0.717) is 15.3 Å². The minimum Gasteiger partial charge on any atom is -0.456 e. The molecular formula is C23H23N3O8S. The number of aromatic nitrogens is 1. The molecule has 0 amide bonds. The molecule has 3 aromatic rings. The number of aryl methyl sites for hydroxylation is 1. The van der Waals surface area contributed by atoms with Crippen molar-refractivity contribution < 1.29 is 32.8 Å². The zero-order chi connectivity index (χ0) is 25.3. The number of aliphatic hydroxyl groups excluding tert-OH is 1. The Labute approximate surface area is 200 Å². The lowest BCUT2D eigenvalue weighted by Crippen LogP contribution is -2.42. The van der Waals surface area contributed by atoms with Gasteiger partial charge in [0.25, 0.3) is 15.7 Å². The van der Waals surface area contributed by atoms with Crippen molar-refractivity contribution in [3.63, 3.8) is 0 Å². The van der Waals surface area contributed by atoms with E-state index in [4.69, 9.17) is 4.74 Å². The summed E-state index contributed by atoms with van der Waals surface area (Å²) in [4.78, 5) is 38.5. The van der Waals surface area contributed by atoms with Gasteiger partial charge < -0.3 is 14.8 Å². The molecule has 1 aliphatic rings. The van der Waals surface area contributed by atoms with Gasteiger partial charge in [-0.05, 0) is 18.1 Å². The Morgan fingerprint density at radius 3 is 2.69 bits per heavy atom. The number of esters is 1. The number of nitro groups is 1. The van der Waals surface area contributed by atoms with Gasteiger partial charge in [0.1, 0.15) is 6.04 Å². The van der Waals surface area contributed by atoms with Gasteiger partial charge in [0, 0.05) is 41.7 Å². The summed E-state index contributed by atoms with van der Waals surface area (Å²) in [6, 6.07) is 8.84. The SMILES string of the molecule is CCc1cccc2c(C(=O)COC(=O)[C@@H]3C[C@@H](O)CN3S(=O)(=O)c3ccccc3[N+](=O)[O-])c[nH]c12. The number of carbonyl (C=O) groups is 2. The van der Waals surface area contributed by atoms with E-state index in [1.54, 1.807) is 6.07 Å². The lowest BCUT2D eigenvalue weighted by molar-refractivity contribution is -0.387. The number of Topliss-reactive ketones (excluding diaryl/α,β-unsaturated/α-hetero) is 1. The summed E-state index contributed by atoms with van der Waals surface area (Å²) >= 11 is 0. The third-order valence-corrected chi connectivity index (χ3v) is 7.90. The number of hydrogen-bond acceptors (Lipinski definition) is 8. The van der Waals surface area contributed by atoms with Crippen LogP contribution in [0.15, 0.2) is 53.6 Å². The fourth-order valence-electron chi connectivity index (χ4n) is 4.27. The largest absolute Gasteiger partial charge is 0.456 e. The van der Waals surface area contributed by atoms with Gasteiger partial charge in [-0.2, -0.15) is 4.31 Å². The molecule has 0 aliphatic carbocycles. The maximum Gasteiger partial charge on any atom is 0.325 e. The summed E-state index contributed by atoms with van der Waals surface area (Å²) in [5.41, 5.74) is 1.51. The zero-order valence-electron chi connectivity index (χ0n) is 18.7. The first kappa shape index (κ1) is 24.5. The Kier molecular flexibility index (Phi) is 6.70. The van der Waals surface area contributed by atoms with Gasteiger partial charge in [-0.3, -0.25) is 19.7 Å². The molecule has 184 valence electrons. The minimum atomic E-state index is -4.52. The molecule has 2 N–H and O–H groups in total. The van der Waals surface area contributed by atoms with E-state index in [-0.39, 0.29) is 6.42 Å². The van der Waals surface area contributed by atoms with Crippen LogP contribution < -0.4 is 0 Å². The van der Waals surface area contributed by atoms with Gasteiger partial charge in [0.2, 0.25) is 5.78 Å². The highest BCUT2D eigenvalue weighted by atomic mass is 32.2. The fraction of sp³-hybridized carbons (Fsp3) is 0.304. The number of H-pyrrole nitrogens is 1. The molecule has 12 heteroatoms. The van der Waals surface area contributed by atoms with Gasteiger partial charge >= 0.3 is 5.97 Å². The molecule has 35 heavy (non-hydrogen) atoms. The second-order valence-electron chi connectivity index (χ2n) is 8.13. The van der Waals surface area contributed by atoms with Crippen molar-refractivity contribution in [3.05, 3.63) is 69.9 Å². The van der Waals surface area contributed by atoms with Crippen LogP contribution in [-0.4, -0.2) is 64.8 Å². The molecule has 0 saturated carbocycles. The number of nitrogens with zero attached hydrogens (tertiary/aromatic N) is 2. The summed E-state index contributed by atoms with van der Waals surface area (Å²) in [5.74, 6) is -1.50. The van der Waals surface area contributed by atoms with Crippen molar-refractivity contribution in [2.75, 3.05) is 13.2 Å². The van der Waals surface area contributed by atoms with Crippen LogP contribution >= 0.6 is 0 Å². The molecule has 0 spiro atoms. The fourth-order valence-corrected chi connectivity index (χ4v) is 6.06. The van der Waals surface area contributed by atoms with E-state index in [0.717, 1.165) is 29.6 Å². The van der Waals surface area contributed by atoms with E-state index in [1.165, 1.54) is 18.3 Å². The molecule has 4 rings (SSSR count). The summed E-state index contributed by atoms with van der Waals surface area (Å²) in [5, 5.41) is 22.1. The second kappa shape index (κ2) is 9.56. The third kappa shape index (κ3) is 4.55.